The van der Waals surface area contributed by atoms with Gasteiger partial charge in [0.1, 0.15) is 0 Å². The van der Waals surface area contributed by atoms with Gasteiger partial charge in [-0.1, -0.05) is 11.6 Å². The molecule has 1 N–H and O–H groups in total. The molecule has 4 heteroatoms. The Kier molecular flexibility index (Phi) is 2.84. The fourth-order valence-electron chi connectivity index (χ4n) is 2.15. The third-order valence-electron chi connectivity index (χ3n) is 3.01. The molecular weight excluding hydrogens is 240 g/mol. The summed E-state index contributed by atoms with van der Waals surface area (Å²) in [5, 5.41) is 5.48. The van der Waals surface area contributed by atoms with Crippen molar-refractivity contribution in [1.82, 2.24) is 10.3 Å². The molecule has 0 radical (unpaired) electrons. The lowest BCUT2D eigenvalue weighted by atomic mass is 10.0. The first-order valence-electron chi connectivity index (χ1n) is 5.59. The Balaban J connectivity index is 1.97. The van der Waals surface area contributed by atoms with Crippen molar-refractivity contribution < 1.29 is 0 Å². The van der Waals surface area contributed by atoms with Crippen LogP contribution in [0.4, 0.5) is 0 Å². The molecule has 1 aromatic heterocycles. The molecule has 1 saturated heterocycles. The van der Waals surface area contributed by atoms with E-state index in [-0.39, 0.29) is 0 Å². The van der Waals surface area contributed by atoms with Gasteiger partial charge in [0.25, 0.3) is 0 Å². The van der Waals surface area contributed by atoms with E-state index >= 15 is 0 Å². The number of hydrogen-bond acceptors (Lipinski definition) is 3. The van der Waals surface area contributed by atoms with Gasteiger partial charge in [0.05, 0.1) is 15.2 Å². The summed E-state index contributed by atoms with van der Waals surface area (Å²) in [5.41, 5.74) is 1.08. The molecule has 2 nitrogen and oxygen atoms in total. The molecule has 1 aliphatic rings. The van der Waals surface area contributed by atoms with Crippen LogP contribution in [0.5, 0.6) is 0 Å². The Hall–Kier alpha value is -0.640. The van der Waals surface area contributed by atoms with Crippen LogP contribution < -0.4 is 5.32 Å². The molecular formula is C12H13ClN2S. The number of nitrogens with one attached hydrogen (secondary N) is 1. The third-order valence-corrected chi connectivity index (χ3v) is 4.43. The number of nitrogens with zero attached hydrogens (tertiary/aromatic N) is 1. The normalized spacial score (nSPS) is 21.4. The maximum Gasteiger partial charge on any atom is 0.0982 e. The van der Waals surface area contributed by atoms with Gasteiger partial charge in [0.2, 0.25) is 0 Å². The van der Waals surface area contributed by atoms with E-state index in [9.17, 15) is 0 Å². The second-order valence-electron chi connectivity index (χ2n) is 4.21. The predicted molar refractivity (Wildman–Crippen MR) is 69.5 cm³/mol. The van der Waals surface area contributed by atoms with Gasteiger partial charge in [-0.05, 0) is 37.6 Å². The number of halogens is 1. The fourth-order valence-corrected chi connectivity index (χ4v) is 3.53. The molecule has 1 aliphatic heterocycles. The van der Waals surface area contributed by atoms with E-state index in [1.165, 1.54) is 22.5 Å². The van der Waals surface area contributed by atoms with Crippen molar-refractivity contribution in [3.8, 4) is 0 Å². The Morgan fingerprint density at radius 2 is 2.38 bits per heavy atom. The summed E-state index contributed by atoms with van der Waals surface area (Å²) in [5.74, 6) is 0.588. The standard InChI is InChI=1S/C12H13ClN2S/c13-9-3-4-10-11(6-9)16-12(15-10)8-2-1-5-14-7-8/h3-4,6,8,14H,1-2,5,7H2. The molecule has 0 spiro atoms. The van der Waals surface area contributed by atoms with Crippen LogP contribution in [0.15, 0.2) is 18.2 Å². The molecule has 16 heavy (non-hydrogen) atoms. The van der Waals surface area contributed by atoms with Crippen molar-refractivity contribution in [2.24, 2.45) is 0 Å². The minimum Gasteiger partial charge on any atom is -0.316 e. The SMILES string of the molecule is Clc1ccc2nc(C3CCCNC3)sc2c1. The minimum absolute atomic E-state index is 0.588. The lowest BCUT2D eigenvalue weighted by Gasteiger charge is -2.20. The summed E-state index contributed by atoms with van der Waals surface area (Å²) >= 11 is 7.76. The van der Waals surface area contributed by atoms with Crippen LogP contribution in [0, 0.1) is 0 Å². The van der Waals surface area contributed by atoms with Crippen molar-refractivity contribution in [2.45, 2.75) is 18.8 Å². The van der Waals surface area contributed by atoms with E-state index in [4.69, 9.17) is 16.6 Å². The van der Waals surface area contributed by atoms with Crippen molar-refractivity contribution >= 4 is 33.2 Å². The topological polar surface area (TPSA) is 24.9 Å². The number of thiazole rings is 1. The molecule has 1 unspecified atom stereocenters. The van der Waals surface area contributed by atoms with E-state index in [1.54, 1.807) is 11.3 Å². The molecule has 0 amide bonds. The minimum atomic E-state index is 0.588. The molecule has 3 rings (SSSR count). The van der Waals surface area contributed by atoms with Crippen molar-refractivity contribution in [2.75, 3.05) is 13.1 Å². The van der Waals surface area contributed by atoms with E-state index in [2.05, 4.69) is 5.32 Å². The lowest BCUT2D eigenvalue weighted by Crippen LogP contribution is -2.28. The van der Waals surface area contributed by atoms with Crippen LogP contribution in [-0.2, 0) is 0 Å². The van der Waals surface area contributed by atoms with Crippen molar-refractivity contribution in [1.29, 1.82) is 0 Å². The van der Waals surface area contributed by atoms with Gasteiger partial charge in [-0.25, -0.2) is 4.98 Å². The van der Waals surface area contributed by atoms with Gasteiger partial charge < -0.3 is 5.32 Å². The largest absolute Gasteiger partial charge is 0.316 e. The maximum absolute atomic E-state index is 5.98. The predicted octanol–water partition coefficient (Wildman–Crippen LogP) is 3.42. The van der Waals surface area contributed by atoms with E-state index < -0.39 is 0 Å². The molecule has 1 aromatic carbocycles. The summed E-state index contributed by atoms with van der Waals surface area (Å²) in [4.78, 5) is 4.70. The smallest absolute Gasteiger partial charge is 0.0982 e. The number of hydrogen-bond donors (Lipinski definition) is 1. The second-order valence-corrected chi connectivity index (χ2v) is 5.71. The zero-order chi connectivity index (χ0) is 11.0. The van der Waals surface area contributed by atoms with E-state index in [0.717, 1.165) is 23.6 Å². The number of aromatic nitrogens is 1. The van der Waals surface area contributed by atoms with Gasteiger partial charge in [-0.15, -0.1) is 11.3 Å². The number of benzene rings is 1. The van der Waals surface area contributed by atoms with Gasteiger partial charge in [0.15, 0.2) is 0 Å². The second kappa shape index (κ2) is 4.32. The van der Waals surface area contributed by atoms with Crippen LogP contribution in [0.3, 0.4) is 0 Å². The zero-order valence-corrected chi connectivity index (χ0v) is 10.4. The summed E-state index contributed by atoms with van der Waals surface area (Å²) in [7, 11) is 0. The van der Waals surface area contributed by atoms with Gasteiger partial charge in [-0.3, -0.25) is 0 Å². The number of rotatable bonds is 1. The fraction of sp³-hybridized carbons (Fsp3) is 0.417. The van der Waals surface area contributed by atoms with Crippen LogP contribution in [0.1, 0.15) is 23.8 Å². The van der Waals surface area contributed by atoms with Crippen LogP contribution in [0.25, 0.3) is 10.2 Å². The highest BCUT2D eigenvalue weighted by Crippen LogP contribution is 2.32. The highest BCUT2D eigenvalue weighted by molar-refractivity contribution is 7.18. The molecule has 2 aromatic rings. The molecule has 84 valence electrons. The summed E-state index contributed by atoms with van der Waals surface area (Å²) < 4.78 is 1.20. The van der Waals surface area contributed by atoms with Crippen LogP contribution in [-0.4, -0.2) is 18.1 Å². The first-order valence-corrected chi connectivity index (χ1v) is 6.79. The highest BCUT2D eigenvalue weighted by atomic mass is 35.5. The monoisotopic (exact) mass is 252 g/mol. The molecule has 1 atom stereocenters. The zero-order valence-electron chi connectivity index (χ0n) is 8.87. The first kappa shape index (κ1) is 10.5. The summed E-state index contributed by atoms with van der Waals surface area (Å²) in [6.45, 7) is 2.21. The average Bonchev–Trinajstić information content (AvgIpc) is 2.73. The number of fused-ring (bicyclic) bond motifs is 1. The van der Waals surface area contributed by atoms with Crippen LogP contribution in [0.2, 0.25) is 5.02 Å². The summed E-state index contributed by atoms with van der Waals surface area (Å²) in [6.07, 6.45) is 2.50. The Labute approximate surface area is 104 Å². The molecule has 1 fully saturated rings. The third kappa shape index (κ3) is 1.95. The van der Waals surface area contributed by atoms with Crippen molar-refractivity contribution in [3.63, 3.8) is 0 Å². The van der Waals surface area contributed by atoms with Gasteiger partial charge in [-0.2, -0.15) is 0 Å². The van der Waals surface area contributed by atoms with Gasteiger partial charge in [0, 0.05) is 17.5 Å². The Morgan fingerprint density at radius 1 is 1.44 bits per heavy atom. The maximum atomic E-state index is 5.98. The van der Waals surface area contributed by atoms with E-state index in [1.807, 2.05) is 18.2 Å². The Morgan fingerprint density at radius 3 is 3.19 bits per heavy atom. The van der Waals surface area contributed by atoms with Gasteiger partial charge >= 0.3 is 0 Å². The number of piperidine rings is 1. The Bertz CT molecular complexity index is 503. The molecule has 0 bridgehead atoms. The highest BCUT2D eigenvalue weighted by Gasteiger charge is 2.18. The molecule has 2 heterocycles. The average molecular weight is 253 g/mol. The van der Waals surface area contributed by atoms with Crippen molar-refractivity contribution in [3.05, 3.63) is 28.2 Å². The van der Waals surface area contributed by atoms with E-state index in [0.29, 0.717) is 5.92 Å². The lowest BCUT2D eigenvalue weighted by molar-refractivity contribution is 0.461. The molecule has 0 aliphatic carbocycles. The first-order chi connectivity index (χ1) is 7.83. The molecule has 0 saturated carbocycles. The quantitative estimate of drug-likeness (QED) is 0.841. The van der Waals surface area contributed by atoms with Crippen LogP contribution >= 0.6 is 22.9 Å². The summed E-state index contributed by atoms with van der Waals surface area (Å²) in [6, 6.07) is 5.93.